The summed E-state index contributed by atoms with van der Waals surface area (Å²) in [6, 6.07) is 0.736. The van der Waals surface area contributed by atoms with E-state index in [1.54, 1.807) is 0 Å². The molecule has 1 rings (SSSR count). The molecule has 2 heteroatoms. The number of nitrogens with one attached hydrogen (secondary N) is 1. The number of rotatable bonds is 8. The minimum Gasteiger partial charge on any atom is -0.380 e. The molecule has 1 aliphatic carbocycles. The Morgan fingerprint density at radius 1 is 1.19 bits per heavy atom. The van der Waals surface area contributed by atoms with E-state index in [0.717, 1.165) is 37.6 Å². The number of ether oxygens (including phenoxy) is 1. The lowest BCUT2D eigenvalue weighted by Crippen LogP contribution is -2.35. The molecule has 0 aliphatic heterocycles. The van der Waals surface area contributed by atoms with Crippen LogP contribution < -0.4 is 5.32 Å². The quantitative estimate of drug-likeness (QED) is 0.643. The molecule has 1 fully saturated rings. The summed E-state index contributed by atoms with van der Waals surface area (Å²) >= 11 is 0. The molecule has 0 amide bonds. The van der Waals surface area contributed by atoms with E-state index in [4.69, 9.17) is 4.74 Å². The fourth-order valence-corrected chi connectivity index (χ4v) is 2.78. The van der Waals surface area contributed by atoms with Crippen LogP contribution in [0.15, 0.2) is 0 Å². The molecular weight excluding hydrogens is 198 g/mol. The van der Waals surface area contributed by atoms with Gasteiger partial charge in [-0.05, 0) is 31.1 Å². The molecule has 0 spiro atoms. The van der Waals surface area contributed by atoms with Crippen molar-refractivity contribution in [2.75, 3.05) is 19.8 Å². The van der Waals surface area contributed by atoms with E-state index in [1.807, 2.05) is 0 Å². The second-order valence-corrected chi connectivity index (χ2v) is 5.13. The highest BCUT2D eigenvalue weighted by atomic mass is 16.5. The fourth-order valence-electron chi connectivity index (χ4n) is 2.78. The summed E-state index contributed by atoms with van der Waals surface area (Å²) < 4.78 is 5.56. The van der Waals surface area contributed by atoms with E-state index in [2.05, 4.69) is 26.1 Å². The van der Waals surface area contributed by atoms with Gasteiger partial charge < -0.3 is 10.1 Å². The predicted octanol–water partition coefficient (Wildman–Crippen LogP) is 3.22. The van der Waals surface area contributed by atoms with Gasteiger partial charge in [0, 0.05) is 19.2 Å². The number of hydrogen-bond donors (Lipinski definition) is 1. The maximum atomic E-state index is 5.56. The molecule has 2 nitrogen and oxygen atoms in total. The summed E-state index contributed by atoms with van der Waals surface area (Å²) in [7, 11) is 0. The van der Waals surface area contributed by atoms with Gasteiger partial charge in [0.05, 0.1) is 6.61 Å². The lowest BCUT2D eigenvalue weighted by Gasteiger charge is -2.21. The molecule has 96 valence electrons. The van der Waals surface area contributed by atoms with Gasteiger partial charge in [0.2, 0.25) is 0 Å². The summed E-state index contributed by atoms with van der Waals surface area (Å²) in [5, 5.41) is 3.65. The first kappa shape index (κ1) is 14.0. The monoisotopic (exact) mass is 227 g/mol. The highest BCUT2D eigenvalue weighted by Crippen LogP contribution is 2.33. The molecule has 0 saturated heterocycles. The lowest BCUT2D eigenvalue weighted by atomic mass is 9.93. The second-order valence-electron chi connectivity index (χ2n) is 5.13. The SMILES string of the molecule is CCCCOCCNC1CCC(CC)C1C. The van der Waals surface area contributed by atoms with E-state index in [0.29, 0.717) is 0 Å². The van der Waals surface area contributed by atoms with Crippen LogP contribution in [0.2, 0.25) is 0 Å². The van der Waals surface area contributed by atoms with Crippen LogP contribution in [0.1, 0.15) is 52.9 Å². The van der Waals surface area contributed by atoms with E-state index in [1.165, 1.54) is 32.1 Å². The topological polar surface area (TPSA) is 21.3 Å². The predicted molar refractivity (Wildman–Crippen MR) is 69.7 cm³/mol. The van der Waals surface area contributed by atoms with Crippen molar-refractivity contribution in [3.05, 3.63) is 0 Å². The molecule has 1 aliphatic rings. The van der Waals surface area contributed by atoms with Gasteiger partial charge in [0.1, 0.15) is 0 Å². The van der Waals surface area contributed by atoms with Gasteiger partial charge in [-0.1, -0.05) is 33.6 Å². The average Bonchev–Trinajstić information content (AvgIpc) is 2.65. The Morgan fingerprint density at radius 3 is 2.62 bits per heavy atom. The van der Waals surface area contributed by atoms with E-state index < -0.39 is 0 Å². The smallest absolute Gasteiger partial charge is 0.0591 e. The molecule has 3 atom stereocenters. The van der Waals surface area contributed by atoms with Gasteiger partial charge in [-0.3, -0.25) is 0 Å². The number of unbranched alkanes of at least 4 members (excludes halogenated alkanes) is 1. The van der Waals surface area contributed by atoms with Crippen LogP contribution in [0.25, 0.3) is 0 Å². The second kappa shape index (κ2) is 8.08. The van der Waals surface area contributed by atoms with Crippen molar-refractivity contribution in [2.24, 2.45) is 11.8 Å². The van der Waals surface area contributed by atoms with Crippen molar-refractivity contribution in [1.82, 2.24) is 5.32 Å². The molecule has 0 aromatic carbocycles. The molecule has 3 unspecified atom stereocenters. The third-order valence-electron chi connectivity index (χ3n) is 4.05. The largest absolute Gasteiger partial charge is 0.380 e. The average molecular weight is 227 g/mol. The van der Waals surface area contributed by atoms with Crippen molar-refractivity contribution in [3.8, 4) is 0 Å². The molecular formula is C14H29NO. The standard InChI is InChI=1S/C14H29NO/c1-4-6-10-16-11-9-15-14-8-7-13(5-2)12(14)3/h12-15H,4-11H2,1-3H3. The van der Waals surface area contributed by atoms with Gasteiger partial charge in [-0.15, -0.1) is 0 Å². The summed E-state index contributed by atoms with van der Waals surface area (Å²) in [6.45, 7) is 9.74. The van der Waals surface area contributed by atoms with Crippen LogP contribution in [0.3, 0.4) is 0 Å². The van der Waals surface area contributed by atoms with E-state index in [9.17, 15) is 0 Å². The summed E-state index contributed by atoms with van der Waals surface area (Å²) in [5.74, 6) is 1.79. The summed E-state index contributed by atoms with van der Waals surface area (Å²) in [5.41, 5.74) is 0. The lowest BCUT2D eigenvalue weighted by molar-refractivity contribution is 0.129. The molecule has 0 aromatic rings. The molecule has 0 aromatic heterocycles. The molecule has 0 bridgehead atoms. The molecule has 1 saturated carbocycles. The Labute approximate surface area is 101 Å². The van der Waals surface area contributed by atoms with Crippen molar-refractivity contribution in [1.29, 1.82) is 0 Å². The maximum Gasteiger partial charge on any atom is 0.0591 e. The maximum absolute atomic E-state index is 5.56. The van der Waals surface area contributed by atoms with Crippen LogP contribution in [0.4, 0.5) is 0 Å². The van der Waals surface area contributed by atoms with Crippen LogP contribution in [-0.2, 0) is 4.74 Å². The highest BCUT2D eigenvalue weighted by Gasteiger charge is 2.30. The summed E-state index contributed by atoms with van der Waals surface area (Å²) in [6.07, 6.45) is 6.52. The van der Waals surface area contributed by atoms with Crippen LogP contribution >= 0.6 is 0 Å². The van der Waals surface area contributed by atoms with Gasteiger partial charge >= 0.3 is 0 Å². The Morgan fingerprint density at radius 2 is 2.00 bits per heavy atom. The zero-order valence-corrected chi connectivity index (χ0v) is 11.3. The Balaban J connectivity index is 2.01. The van der Waals surface area contributed by atoms with Gasteiger partial charge in [-0.25, -0.2) is 0 Å². The van der Waals surface area contributed by atoms with Crippen molar-refractivity contribution >= 4 is 0 Å². The Kier molecular flexibility index (Phi) is 7.06. The van der Waals surface area contributed by atoms with Gasteiger partial charge in [0.15, 0.2) is 0 Å². The molecule has 0 heterocycles. The van der Waals surface area contributed by atoms with Crippen LogP contribution in [0.5, 0.6) is 0 Å². The first-order valence-electron chi connectivity index (χ1n) is 7.10. The van der Waals surface area contributed by atoms with Crippen LogP contribution in [-0.4, -0.2) is 25.8 Å². The summed E-state index contributed by atoms with van der Waals surface area (Å²) in [4.78, 5) is 0. The molecule has 1 N–H and O–H groups in total. The first-order chi connectivity index (χ1) is 7.79. The zero-order chi connectivity index (χ0) is 11.8. The van der Waals surface area contributed by atoms with Crippen molar-refractivity contribution in [3.63, 3.8) is 0 Å². The van der Waals surface area contributed by atoms with Gasteiger partial charge in [-0.2, -0.15) is 0 Å². The molecule has 0 radical (unpaired) electrons. The zero-order valence-electron chi connectivity index (χ0n) is 11.3. The Hall–Kier alpha value is -0.0800. The van der Waals surface area contributed by atoms with Crippen molar-refractivity contribution in [2.45, 2.75) is 58.9 Å². The third kappa shape index (κ3) is 4.42. The number of hydrogen-bond acceptors (Lipinski definition) is 2. The Bertz CT molecular complexity index is 172. The van der Waals surface area contributed by atoms with Crippen LogP contribution in [0, 0.1) is 11.8 Å². The first-order valence-corrected chi connectivity index (χ1v) is 7.10. The van der Waals surface area contributed by atoms with Gasteiger partial charge in [0.25, 0.3) is 0 Å². The van der Waals surface area contributed by atoms with E-state index in [-0.39, 0.29) is 0 Å². The fraction of sp³-hybridized carbons (Fsp3) is 1.00. The van der Waals surface area contributed by atoms with Crippen molar-refractivity contribution < 1.29 is 4.74 Å². The minimum atomic E-state index is 0.736. The highest BCUT2D eigenvalue weighted by molar-refractivity contribution is 4.86. The normalized spacial score (nSPS) is 29.8. The minimum absolute atomic E-state index is 0.736. The molecule has 16 heavy (non-hydrogen) atoms. The van der Waals surface area contributed by atoms with E-state index >= 15 is 0 Å². The third-order valence-corrected chi connectivity index (χ3v) is 4.05.